The Morgan fingerprint density at radius 2 is 1.25 bits per heavy atom. The van der Waals surface area contributed by atoms with Crippen molar-refractivity contribution in [2.24, 2.45) is 0 Å². The number of amides is 2. The van der Waals surface area contributed by atoms with Crippen molar-refractivity contribution in [2.45, 2.75) is 12.5 Å². The molecule has 0 N–H and O–H groups in total. The normalized spacial score (nSPS) is 22.7. The van der Waals surface area contributed by atoms with Gasteiger partial charge in [-0.15, -0.1) is 0 Å². The van der Waals surface area contributed by atoms with E-state index in [1.165, 1.54) is 17.0 Å². The number of nitrogens with zero attached hydrogens (tertiary/aromatic N) is 4. The lowest BCUT2D eigenvalue weighted by Crippen LogP contribution is -2.52. The maximum Gasteiger partial charge on any atom is 0.251 e. The minimum atomic E-state index is -0.420. The molecule has 0 aromatic heterocycles. The summed E-state index contributed by atoms with van der Waals surface area (Å²) in [6, 6.07) is 13.7. The largest absolute Gasteiger partial charge is 0.378 e. The minimum absolute atomic E-state index is 0.149. The molecule has 0 spiro atoms. The lowest BCUT2D eigenvalue weighted by molar-refractivity contribution is -0.123. The molecule has 2 aromatic carbocycles. The first-order valence-corrected chi connectivity index (χ1v) is 11.1. The van der Waals surface area contributed by atoms with Gasteiger partial charge in [-0.25, -0.2) is 9.29 Å². The molecule has 3 saturated heterocycles. The molecule has 5 rings (SSSR count). The highest BCUT2D eigenvalue weighted by Gasteiger charge is 2.43. The van der Waals surface area contributed by atoms with Crippen molar-refractivity contribution >= 4 is 28.9 Å². The second-order valence-corrected chi connectivity index (χ2v) is 8.40. The molecule has 1 unspecified atom stereocenters. The highest BCUT2D eigenvalue weighted by atomic mass is 19.1. The number of benzene rings is 2. The van der Waals surface area contributed by atoms with Crippen LogP contribution in [0.4, 0.5) is 21.5 Å². The van der Waals surface area contributed by atoms with E-state index in [1.54, 1.807) is 12.1 Å². The van der Waals surface area contributed by atoms with E-state index in [-0.39, 0.29) is 24.1 Å². The second kappa shape index (κ2) is 8.88. The maximum atomic E-state index is 13.2. The molecule has 3 fully saturated rings. The van der Waals surface area contributed by atoms with Gasteiger partial charge in [0.25, 0.3) is 5.91 Å². The Hall–Kier alpha value is -2.97. The molecule has 0 radical (unpaired) electrons. The van der Waals surface area contributed by atoms with E-state index in [2.05, 4.69) is 14.7 Å². The molecule has 0 aliphatic carbocycles. The van der Waals surface area contributed by atoms with E-state index in [1.807, 2.05) is 24.3 Å². The molecule has 0 saturated carbocycles. The number of imide groups is 1. The van der Waals surface area contributed by atoms with Crippen LogP contribution in [0.15, 0.2) is 48.5 Å². The average molecular weight is 439 g/mol. The van der Waals surface area contributed by atoms with E-state index < -0.39 is 6.04 Å². The monoisotopic (exact) mass is 438 g/mol. The molecular weight excluding hydrogens is 411 g/mol. The van der Waals surface area contributed by atoms with Crippen LogP contribution < -0.4 is 14.7 Å². The molecule has 1 atom stereocenters. The van der Waals surface area contributed by atoms with Crippen molar-refractivity contribution in [3.63, 3.8) is 0 Å². The van der Waals surface area contributed by atoms with Gasteiger partial charge in [-0.1, -0.05) is 0 Å². The summed E-state index contributed by atoms with van der Waals surface area (Å²) >= 11 is 0. The Morgan fingerprint density at radius 3 is 1.88 bits per heavy atom. The number of carbonyl (C=O) groups excluding carboxylic acids is 2. The zero-order chi connectivity index (χ0) is 22.1. The zero-order valence-electron chi connectivity index (χ0n) is 18.0. The smallest absolute Gasteiger partial charge is 0.251 e. The summed E-state index contributed by atoms with van der Waals surface area (Å²) in [5.74, 6) is -0.551. The molecule has 3 heterocycles. The molecule has 8 heteroatoms. The van der Waals surface area contributed by atoms with E-state index in [0.717, 1.165) is 37.6 Å². The molecule has 0 bridgehead atoms. The van der Waals surface area contributed by atoms with Crippen LogP contribution in [-0.4, -0.2) is 75.2 Å². The predicted molar refractivity (Wildman–Crippen MR) is 121 cm³/mol. The Labute approximate surface area is 186 Å². The zero-order valence-corrected chi connectivity index (χ0v) is 18.0. The Kier molecular flexibility index (Phi) is 5.80. The first-order chi connectivity index (χ1) is 15.6. The van der Waals surface area contributed by atoms with Gasteiger partial charge in [-0.3, -0.25) is 14.5 Å². The number of carbonyl (C=O) groups is 2. The number of morpholine rings is 1. The number of halogens is 1. The van der Waals surface area contributed by atoms with E-state index in [4.69, 9.17) is 4.74 Å². The third-order valence-corrected chi connectivity index (χ3v) is 6.55. The third kappa shape index (κ3) is 4.08. The molecule has 7 nitrogen and oxygen atoms in total. The minimum Gasteiger partial charge on any atom is -0.378 e. The van der Waals surface area contributed by atoms with Crippen molar-refractivity contribution in [3.8, 4) is 0 Å². The van der Waals surface area contributed by atoms with Gasteiger partial charge in [0.1, 0.15) is 5.82 Å². The van der Waals surface area contributed by atoms with Crippen molar-refractivity contribution in [2.75, 3.05) is 67.2 Å². The van der Waals surface area contributed by atoms with Crippen molar-refractivity contribution in [3.05, 3.63) is 54.3 Å². The SMILES string of the molecule is O=C1CC(N2CCN(c3ccc(F)cc3)CC2)C(=O)N1c1ccc(N2CCOCC2)cc1. The molecule has 32 heavy (non-hydrogen) atoms. The molecule has 3 aliphatic heterocycles. The number of rotatable bonds is 4. The number of anilines is 3. The quantitative estimate of drug-likeness (QED) is 0.682. The third-order valence-electron chi connectivity index (χ3n) is 6.55. The van der Waals surface area contributed by atoms with Gasteiger partial charge in [-0.05, 0) is 48.5 Å². The van der Waals surface area contributed by atoms with Crippen LogP contribution in [0, 0.1) is 5.82 Å². The number of piperazine rings is 1. The Morgan fingerprint density at radius 1 is 0.719 bits per heavy atom. The lowest BCUT2D eigenvalue weighted by atomic mass is 10.1. The summed E-state index contributed by atoms with van der Waals surface area (Å²) in [4.78, 5) is 33.8. The fraction of sp³-hybridized carbons (Fsp3) is 0.417. The number of ether oxygens (including phenoxy) is 1. The standard InChI is InChI=1S/C24H27FN4O3/c25-18-1-3-19(4-2-18)26-9-11-28(12-10-26)22-17-23(30)29(24(22)31)21-7-5-20(6-8-21)27-13-15-32-16-14-27/h1-8,22H,9-17H2. The molecule has 2 amide bonds. The first kappa shape index (κ1) is 20.9. The van der Waals surface area contributed by atoms with E-state index in [9.17, 15) is 14.0 Å². The van der Waals surface area contributed by atoms with Crippen molar-refractivity contribution in [1.82, 2.24) is 4.90 Å². The van der Waals surface area contributed by atoms with Crippen LogP contribution in [0.5, 0.6) is 0 Å². The van der Waals surface area contributed by atoms with E-state index in [0.29, 0.717) is 32.0 Å². The number of hydrogen-bond acceptors (Lipinski definition) is 6. The lowest BCUT2D eigenvalue weighted by Gasteiger charge is -2.38. The molecular formula is C24H27FN4O3. The summed E-state index contributed by atoms with van der Waals surface area (Å²) < 4.78 is 18.6. The van der Waals surface area contributed by atoms with Gasteiger partial charge in [0, 0.05) is 50.6 Å². The maximum absolute atomic E-state index is 13.2. The van der Waals surface area contributed by atoms with Crippen LogP contribution in [0.25, 0.3) is 0 Å². The van der Waals surface area contributed by atoms with Crippen LogP contribution in [-0.2, 0) is 14.3 Å². The fourth-order valence-electron chi connectivity index (χ4n) is 4.75. The van der Waals surface area contributed by atoms with E-state index >= 15 is 0 Å². The summed E-state index contributed by atoms with van der Waals surface area (Å²) in [5, 5.41) is 0. The highest BCUT2D eigenvalue weighted by molar-refractivity contribution is 6.22. The van der Waals surface area contributed by atoms with Gasteiger partial charge in [-0.2, -0.15) is 0 Å². The van der Waals surface area contributed by atoms with Gasteiger partial charge in [0.2, 0.25) is 5.91 Å². The second-order valence-electron chi connectivity index (χ2n) is 8.40. The fourth-order valence-corrected chi connectivity index (χ4v) is 4.75. The molecule has 2 aromatic rings. The van der Waals surface area contributed by atoms with Crippen molar-refractivity contribution in [1.29, 1.82) is 0 Å². The predicted octanol–water partition coefficient (Wildman–Crippen LogP) is 2.12. The first-order valence-electron chi connectivity index (χ1n) is 11.1. The van der Waals surface area contributed by atoms with Gasteiger partial charge in [0.05, 0.1) is 31.4 Å². The van der Waals surface area contributed by atoms with Gasteiger partial charge >= 0.3 is 0 Å². The van der Waals surface area contributed by atoms with Gasteiger partial charge in [0.15, 0.2) is 0 Å². The summed E-state index contributed by atoms with van der Waals surface area (Å²) in [5.41, 5.74) is 2.68. The molecule has 3 aliphatic rings. The highest BCUT2D eigenvalue weighted by Crippen LogP contribution is 2.29. The van der Waals surface area contributed by atoms with Crippen molar-refractivity contribution < 1.29 is 18.7 Å². The number of hydrogen-bond donors (Lipinski definition) is 0. The van der Waals surface area contributed by atoms with Crippen LogP contribution in [0.3, 0.4) is 0 Å². The Balaban J connectivity index is 1.23. The summed E-state index contributed by atoms with van der Waals surface area (Å²) in [6.45, 7) is 5.94. The molecule has 168 valence electrons. The summed E-state index contributed by atoms with van der Waals surface area (Å²) in [7, 11) is 0. The summed E-state index contributed by atoms with van der Waals surface area (Å²) in [6.07, 6.45) is 0.209. The average Bonchev–Trinajstić information content (AvgIpc) is 3.14. The Bertz CT molecular complexity index is 968. The van der Waals surface area contributed by atoms with Crippen LogP contribution in [0.2, 0.25) is 0 Å². The topological polar surface area (TPSA) is 56.3 Å². The van der Waals surface area contributed by atoms with Crippen LogP contribution >= 0.6 is 0 Å². The van der Waals surface area contributed by atoms with Crippen LogP contribution in [0.1, 0.15) is 6.42 Å². The van der Waals surface area contributed by atoms with Gasteiger partial charge < -0.3 is 14.5 Å².